The van der Waals surface area contributed by atoms with Crippen molar-refractivity contribution in [2.75, 3.05) is 4.90 Å². The second-order valence-corrected chi connectivity index (χ2v) is 24.3. The molecule has 0 saturated carbocycles. The van der Waals surface area contributed by atoms with Crippen LogP contribution < -0.4 is 28.7 Å². The zero-order valence-corrected chi connectivity index (χ0v) is 31.9. The van der Waals surface area contributed by atoms with Crippen molar-refractivity contribution < 1.29 is 9.47 Å². The maximum absolute atomic E-state index is 7.41. The SMILES string of the molecule is Cc1ccc(N2c3ccc(-c4ccccc4)c4[c]3[Sn]3([c]5ccccc5)[c]5c(cc(-c6ccccc6)cc5Oc5c(-c6ccccc6)ccc2[c]53)O4)cc1. The fourth-order valence-corrected chi connectivity index (χ4v) is 24.6. The van der Waals surface area contributed by atoms with E-state index in [1.165, 1.54) is 31.3 Å². The van der Waals surface area contributed by atoms with Crippen LogP contribution in [0.5, 0.6) is 23.0 Å². The number of hydrogen-bond acceptors (Lipinski definition) is 3. The molecular weight excluding hydrogens is 753 g/mol. The van der Waals surface area contributed by atoms with Crippen LogP contribution >= 0.6 is 0 Å². The molecule has 11 rings (SSSR count). The molecule has 3 heterocycles. The van der Waals surface area contributed by atoms with Crippen LogP contribution in [-0.4, -0.2) is 18.4 Å². The monoisotopic (exact) mass is 787 g/mol. The predicted octanol–water partition coefficient (Wildman–Crippen LogP) is 10.4. The van der Waals surface area contributed by atoms with Gasteiger partial charge < -0.3 is 0 Å². The van der Waals surface area contributed by atoms with Gasteiger partial charge in [-0.05, 0) is 0 Å². The molecule has 0 aromatic heterocycles. The summed E-state index contributed by atoms with van der Waals surface area (Å²) in [5, 5.41) is 0. The summed E-state index contributed by atoms with van der Waals surface area (Å²) in [6.45, 7) is 2.15. The molecule has 4 heteroatoms. The Morgan fingerprint density at radius 2 is 0.868 bits per heavy atom. The van der Waals surface area contributed by atoms with Gasteiger partial charge in [-0.1, -0.05) is 0 Å². The summed E-state index contributed by atoms with van der Waals surface area (Å²) in [5.74, 6) is 3.71. The Hall–Kier alpha value is -6.04. The van der Waals surface area contributed by atoms with Gasteiger partial charge in [0.05, 0.1) is 0 Å². The summed E-state index contributed by atoms with van der Waals surface area (Å²) in [6.07, 6.45) is 0. The molecule has 0 unspecified atom stereocenters. The number of nitrogens with zero attached hydrogens (tertiary/aromatic N) is 1. The molecule has 0 bridgehead atoms. The van der Waals surface area contributed by atoms with Crippen LogP contribution in [0.15, 0.2) is 182 Å². The number of rotatable bonds is 5. The Morgan fingerprint density at radius 1 is 0.415 bits per heavy atom. The van der Waals surface area contributed by atoms with Crippen molar-refractivity contribution in [3.63, 3.8) is 0 Å². The number of hydrogen-bond donors (Lipinski definition) is 0. The summed E-state index contributed by atoms with van der Waals surface area (Å²) >= 11 is -4.39. The van der Waals surface area contributed by atoms with Gasteiger partial charge in [0.2, 0.25) is 0 Å². The fourth-order valence-electron chi connectivity index (χ4n) is 8.88. The second-order valence-electron chi connectivity index (χ2n) is 14.1. The zero-order valence-electron chi connectivity index (χ0n) is 29.1. The molecule has 0 spiro atoms. The Kier molecular flexibility index (Phi) is 6.77. The van der Waals surface area contributed by atoms with Gasteiger partial charge >= 0.3 is 315 Å². The van der Waals surface area contributed by atoms with Crippen molar-refractivity contribution in [1.82, 2.24) is 0 Å². The van der Waals surface area contributed by atoms with Crippen LogP contribution in [0.1, 0.15) is 5.56 Å². The Morgan fingerprint density at radius 3 is 1.36 bits per heavy atom. The van der Waals surface area contributed by atoms with Crippen molar-refractivity contribution in [3.8, 4) is 56.4 Å². The van der Waals surface area contributed by atoms with E-state index in [-0.39, 0.29) is 0 Å². The summed E-state index contributed by atoms with van der Waals surface area (Å²) in [6, 6.07) is 66.0. The summed E-state index contributed by atoms with van der Waals surface area (Å²) < 4.78 is 20.1. The van der Waals surface area contributed by atoms with Crippen LogP contribution in [0, 0.1) is 6.92 Å². The number of aryl methyl sites for hydroxylation is 1. The van der Waals surface area contributed by atoms with Crippen molar-refractivity contribution in [3.05, 3.63) is 188 Å². The third kappa shape index (κ3) is 4.41. The van der Waals surface area contributed by atoms with Gasteiger partial charge in [0, 0.05) is 0 Å². The van der Waals surface area contributed by atoms with E-state index in [1.807, 2.05) is 0 Å². The quantitative estimate of drug-likeness (QED) is 0.162. The standard InChI is InChI=1S/C43H28NO2.C6H5.Sn/c1-30-17-19-35(20-18-30)44-36-21-23-40(32-13-7-3-8-14-32)42(27-36)45-38-25-34(31-11-5-2-6-12-31)26-39(29-38)46-43-28-37(44)22-24-41(43)33-15-9-4-10-16-33;1-2-4-6-5-3-1;/h2-26H,1H3;1-5H;. The molecule has 8 aromatic carbocycles. The maximum atomic E-state index is 7.41. The Balaban J connectivity index is 1.35. The molecular formula is C49H33NO2Sn. The van der Waals surface area contributed by atoms with Crippen molar-refractivity contribution in [1.29, 1.82) is 0 Å². The first-order chi connectivity index (χ1) is 26.2. The van der Waals surface area contributed by atoms with Crippen molar-refractivity contribution in [2.24, 2.45) is 0 Å². The molecule has 3 aliphatic rings. The van der Waals surface area contributed by atoms with E-state index in [1.54, 1.807) is 0 Å². The van der Waals surface area contributed by atoms with Crippen molar-refractivity contribution >= 4 is 49.8 Å². The van der Waals surface area contributed by atoms with Crippen LogP contribution in [0.25, 0.3) is 33.4 Å². The van der Waals surface area contributed by atoms with Gasteiger partial charge in [-0.15, -0.1) is 0 Å². The predicted molar refractivity (Wildman–Crippen MR) is 219 cm³/mol. The zero-order chi connectivity index (χ0) is 35.1. The van der Waals surface area contributed by atoms with Crippen molar-refractivity contribution in [2.45, 2.75) is 6.92 Å². The molecule has 0 aliphatic carbocycles. The number of ether oxygens (including phenoxy) is 2. The first-order valence-electron chi connectivity index (χ1n) is 18.2. The summed E-state index contributed by atoms with van der Waals surface area (Å²) in [5.41, 5.74) is 11.4. The van der Waals surface area contributed by atoms with Gasteiger partial charge in [-0.2, -0.15) is 0 Å². The fraction of sp³-hybridized carbons (Fsp3) is 0.0204. The topological polar surface area (TPSA) is 21.7 Å². The van der Waals surface area contributed by atoms with Gasteiger partial charge in [0.1, 0.15) is 0 Å². The molecule has 0 amide bonds. The van der Waals surface area contributed by atoms with Gasteiger partial charge in [0.15, 0.2) is 0 Å². The average Bonchev–Trinajstić information content (AvgIpc) is 3.22. The van der Waals surface area contributed by atoms with Gasteiger partial charge in [-0.3, -0.25) is 0 Å². The van der Waals surface area contributed by atoms with Gasteiger partial charge in [0.25, 0.3) is 0 Å². The van der Waals surface area contributed by atoms with E-state index in [0.29, 0.717) is 0 Å². The Labute approximate surface area is 313 Å². The first kappa shape index (κ1) is 30.6. The van der Waals surface area contributed by atoms with E-state index in [2.05, 4.69) is 194 Å². The third-order valence-corrected chi connectivity index (χ3v) is 25.2. The average molecular weight is 787 g/mol. The minimum absolute atomic E-state index is 0.897. The molecule has 0 fully saturated rings. The molecule has 8 aromatic rings. The van der Waals surface area contributed by atoms with Crippen LogP contribution in [0.2, 0.25) is 0 Å². The molecule has 3 aliphatic heterocycles. The van der Waals surface area contributed by atoms with Crippen LogP contribution in [0.3, 0.4) is 0 Å². The molecule has 250 valence electrons. The van der Waals surface area contributed by atoms with Crippen LogP contribution in [-0.2, 0) is 0 Å². The molecule has 0 atom stereocenters. The Bertz CT molecular complexity index is 2590. The molecule has 0 radical (unpaired) electrons. The third-order valence-electron chi connectivity index (χ3n) is 11.1. The first-order valence-corrected chi connectivity index (χ1v) is 23.9. The molecule has 3 nitrogen and oxygen atoms in total. The molecule has 0 N–H and O–H groups in total. The van der Waals surface area contributed by atoms with E-state index < -0.39 is 18.4 Å². The summed E-state index contributed by atoms with van der Waals surface area (Å²) in [4.78, 5) is 2.46. The van der Waals surface area contributed by atoms with E-state index in [9.17, 15) is 0 Å². The van der Waals surface area contributed by atoms with E-state index in [0.717, 1.165) is 62.1 Å². The number of anilines is 3. The van der Waals surface area contributed by atoms with Crippen LogP contribution in [0.4, 0.5) is 17.1 Å². The van der Waals surface area contributed by atoms with E-state index >= 15 is 0 Å². The minimum atomic E-state index is -4.39. The molecule has 0 saturated heterocycles. The summed E-state index contributed by atoms with van der Waals surface area (Å²) in [7, 11) is 0. The molecule has 53 heavy (non-hydrogen) atoms. The second kappa shape index (κ2) is 11.7. The van der Waals surface area contributed by atoms with Gasteiger partial charge in [-0.25, -0.2) is 0 Å². The normalized spacial score (nSPS) is 13.8. The van der Waals surface area contributed by atoms with E-state index in [4.69, 9.17) is 9.47 Å². The number of benzene rings is 8.